The van der Waals surface area contributed by atoms with Crippen LogP contribution < -0.4 is 9.47 Å². The minimum Gasteiger partial charge on any atom is -0.486 e. The number of likely N-dealkylation sites (N-methyl/N-ethyl adjacent to an activating group) is 1. The molecule has 0 unspecified atom stereocenters. The normalized spacial score (nSPS) is 19.0. The second-order valence-corrected chi connectivity index (χ2v) is 7.98. The maximum absolute atomic E-state index is 12.8. The summed E-state index contributed by atoms with van der Waals surface area (Å²) in [6.45, 7) is 7.18. The van der Waals surface area contributed by atoms with Gasteiger partial charge in [0.1, 0.15) is 25.4 Å². The largest absolute Gasteiger partial charge is 0.486 e. The Morgan fingerprint density at radius 1 is 1.22 bits per heavy atom. The zero-order chi connectivity index (χ0) is 19.6. The highest BCUT2D eigenvalue weighted by Crippen LogP contribution is 2.38. The fraction of sp³-hybridized carbons (Fsp3) is 0.600. The molecule has 148 valence electrons. The lowest BCUT2D eigenvalue weighted by Crippen LogP contribution is -2.42. The predicted molar refractivity (Wildman–Crippen MR) is 100.0 cm³/mol. The smallest absolute Gasteiger partial charge is 0.410 e. The van der Waals surface area contributed by atoms with Crippen LogP contribution >= 0.6 is 0 Å². The average Bonchev–Trinajstić information content (AvgIpc) is 3.09. The standard InChI is InChI=1S/C20H28N2O5/c1-20(2,3)27-19(24)21(4)13-18(23)22-9-5-6-15(22)14-7-8-16-17(12-14)26-11-10-25-16/h7-8,12,15H,5-6,9-11,13H2,1-4H3/t15-/m1/s1. The fourth-order valence-corrected chi connectivity index (χ4v) is 3.38. The highest BCUT2D eigenvalue weighted by atomic mass is 16.6. The molecule has 1 aromatic carbocycles. The molecule has 2 heterocycles. The number of ether oxygens (including phenoxy) is 3. The number of rotatable bonds is 3. The van der Waals surface area contributed by atoms with Crippen molar-refractivity contribution in [1.29, 1.82) is 0 Å². The van der Waals surface area contributed by atoms with Crippen LogP contribution in [0.4, 0.5) is 4.79 Å². The van der Waals surface area contributed by atoms with Crippen molar-refractivity contribution in [3.63, 3.8) is 0 Å². The van der Waals surface area contributed by atoms with Crippen LogP contribution in [0.15, 0.2) is 18.2 Å². The summed E-state index contributed by atoms with van der Waals surface area (Å²) in [4.78, 5) is 28.1. The van der Waals surface area contributed by atoms with Crippen molar-refractivity contribution in [2.75, 3.05) is 33.4 Å². The van der Waals surface area contributed by atoms with Gasteiger partial charge in [-0.3, -0.25) is 4.79 Å². The number of benzene rings is 1. The highest BCUT2D eigenvalue weighted by molar-refractivity contribution is 5.83. The molecule has 0 aliphatic carbocycles. The summed E-state index contributed by atoms with van der Waals surface area (Å²) in [5, 5.41) is 0. The Morgan fingerprint density at radius 3 is 2.63 bits per heavy atom. The molecule has 2 aliphatic heterocycles. The number of hydrogen-bond donors (Lipinski definition) is 0. The number of amides is 2. The van der Waals surface area contributed by atoms with Crippen LogP contribution in [0.2, 0.25) is 0 Å². The molecule has 3 rings (SSSR count). The van der Waals surface area contributed by atoms with Gasteiger partial charge in [0.15, 0.2) is 11.5 Å². The van der Waals surface area contributed by atoms with E-state index in [0.29, 0.717) is 19.8 Å². The van der Waals surface area contributed by atoms with E-state index in [4.69, 9.17) is 14.2 Å². The molecule has 1 saturated heterocycles. The van der Waals surface area contributed by atoms with E-state index in [1.54, 1.807) is 27.8 Å². The number of nitrogens with zero attached hydrogens (tertiary/aromatic N) is 2. The Kier molecular flexibility index (Phi) is 5.48. The Balaban J connectivity index is 1.67. The Hall–Kier alpha value is -2.44. The number of carbonyl (C=O) groups excluding carboxylic acids is 2. The molecule has 0 bridgehead atoms. The number of fused-ring (bicyclic) bond motifs is 1. The summed E-state index contributed by atoms with van der Waals surface area (Å²) in [6.07, 6.45) is 1.33. The minimum atomic E-state index is -0.588. The first kappa shape index (κ1) is 19.3. The molecule has 0 spiro atoms. The van der Waals surface area contributed by atoms with Crippen molar-refractivity contribution in [3.05, 3.63) is 23.8 Å². The maximum atomic E-state index is 12.8. The van der Waals surface area contributed by atoms with E-state index >= 15 is 0 Å². The van der Waals surface area contributed by atoms with Crippen molar-refractivity contribution in [1.82, 2.24) is 9.80 Å². The van der Waals surface area contributed by atoms with Crippen LogP contribution in [0.5, 0.6) is 11.5 Å². The van der Waals surface area contributed by atoms with Crippen molar-refractivity contribution < 1.29 is 23.8 Å². The minimum absolute atomic E-state index is 0.00400. The molecule has 0 saturated carbocycles. The second-order valence-electron chi connectivity index (χ2n) is 7.98. The van der Waals surface area contributed by atoms with Gasteiger partial charge in [0.25, 0.3) is 0 Å². The van der Waals surface area contributed by atoms with Gasteiger partial charge < -0.3 is 24.0 Å². The third kappa shape index (κ3) is 4.64. The van der Waals surface area contributed by atoms with E-state index in [-0.39, 0.29) is 18.5 Å². The second kappa shape index (κ2) is 7.66. The van der Waals surface area contributed by atoms with Gasteiger partial charge in [0.05, 0.1) is 6.04 Å². The molecular weight excluding hydrogens is 348 g/mol. The van der Waals surface area contributed by atoms with Gasteiger partial charge in [0.2, 0.25) is 5.91 Å². The molecule has 7 heteroatoms. The Morgan fingerprint density at radius 2 is 1.93 bits per heavy atom. The van der Waals surface area contributed by atoms with Crippen LogP contribution in [0.3, 0.4) is 0 Å². The summed E-state index contributed by atoms with van der Waals surface area (Å²) in [5.41, 5.74) is 0.445. The summed E-state index contributed by atoms with van der Waals surface area (Å²) < 4.78 is 16.6. The first-order chi connectivity index (χ1) is 12.7. The molecule has 2 amide bonds. The number of hydrogen-bond acceptors (Lipinski definition) is 5. The topological polar surface area (TPSA) is 68.3 Å². The predicted octanol–water partition coefficient (Wildman–Crippen LogP) is 2.99. The number of carbonyl (C=O) groups is 2. The first-order valence-electron chi connectivity index (χ1n) is 9.38. The van der Waals surface area contributed by atoms with Crippen LogP contribution in [0.1, 0.15) is 45.2 Å². The maximum Gasteiger partial charge on any atom is 0.410 e. The van der Waals surface area contributed by atoms with Gasteiger partial charge in [-0.15, -0.1) is 0 Å². The van der Waals surface area contributed by atoms with Crippen molar-refractivity contribution in [2.45, 2.75) is 45.3 Å². The molecule has 0 aromatic heterocycles. The average molecular weight is 376 g/mol. The Labute approximate surface area is 160 Å². The third-order valence-corrected chi connectivity index (χ3v) is 4.60. The van der Waals surface area contributed by atoms with Crippen LogP contribution in [-0.2, 0) is 9.53 Å². The van der Waals surface area contributed by atoms with Crippen molar-refractivity contribution >= 4 is 12.0 Å². The zero-order valence-electron chi connectivity index (χ0n) is 16.5. The lowest BCUT2D eigenvalue weighted by atomic mass is 10.0. The molecule has 7 nitrogen and oxygen atoms in total. The van der Waals surface area contributed by atoms with E-state index in [9.17, 15) is 9.59 Å². The molecule has 0 N–H and O–H groups in total. The molecule has 1 atom stereocenters. The van der Waals surface area contributed by atoms with Gasteiger partial charge in [0, 0.05) is 13.6 Å². The van der Waals surface area contributed by atoms with Gasteiger partial charge in [-0.1, -0.05) is 6.07 Å². The van der Waals surface area contributed by atoms with E-state index in [0.717, 1.165) is 29.9 Å². The third-order valence-electron chi connectivity index (χ3n) is 4.60. The van der Waals surface area contributed by atoms with E-state index < -0.39 is 11.7 Å². The fourth-order valence-electron chi connectivity index (χ4n) is 3.38. The van der Waals surface area contributed by atoms with E-state index in [2.05, 4.69) is 0 Å². The SMILES string of the molecule is CN(CC(=O)N1CCC[C@@H]1c1ccc2c(c1)OCCO2)C(=O)OC(C)(C)C. The highest BCUT2D eigenvalue weighted by Gasteiger charge is 2.32. The number of likely N-dealkylation sites (tertiary alicyclic amines) is 1. The summed E-state index contributed by atoms with van der Waals surface area (Å²) in [5.74, 6) is 1.38. The lowest BCUT2D eigenvalue weighted by Gasteiger charge is -2.29. The molecule has 2 aliphatic rings. The monoisotopic (exact) mass is 376 g/mol. The zero-order valence-corrected chi connectivity index (χ0v) is 16.5. The molecule has 27 heavy (non-hydrogen) atoms. The lowest BCUT2D eigenvalue weighted by molar-refractivity contribution is -0.133. The van der Waals surface area contributed by atoms with Crippen LogP contribution in [0.25, 0.3) is 0 Å². The molecule has 1 fully saturated rings. The summed E-state index contributed by atoms with van der Waals surface area (Å²) in [6, 6.07) is 5.83. The van der Waals surface area contributed by atoms with Crippen molar-refractivity contribution in [2.24, 2.45) is 0 Å². The summed E-state index contributed by atoms with van der Waals surface area (Å²) in [7, 11) is 1.58. The van der Waals surface area contributed by atoms with E-state index in [1.807, 2.05) is 23.1 Å². The van der Waals surface area contributed by atoms with Gasteiger partial charge in [-0.25, -0.2) is 4.79 Å². The van der Waals surface area contributed by atoms with Crippen LogP contribution in [-0.4, -0.2) is 60.8 Å². The Bertz CT molecular complexity index is 713. The summed E-state index contributed by atoms with van der Waals surface area (Å²) >= 11 is 0. The quantitative estimate of drug-likeness (QED) is 0.811. The van der Waals surface area contributed by atoms with Gasteiger partial charge in [-0.2, -0.15) is 0 Å². The van der Waals surface area contributed by atoms with Gasteiger partial charge in [-0.05, 0) is 51.3 Å². The van der Waals surface area contributed by atoms with E-state index in [1.165, 1.54) is 4.90 Å². The molecule has 0 radical (unpaired) electrons. The molecular formula is C20H28N2O5. The van der Waals surface area contributed by atoms with Crippen LogP contribution in [0, 0.1) is 0 Å². The first-order valence-corrected chi connectivity index (χ1v) is 9.38. The molecule has 1 aromatic rings. The van der Waals surface area contributed by atoms with Crippen molar-refractivity contribution in [3.8, 4) is 11.5 Å². The van der Waals surface area contributed by atoms with Gasteiger partial charge >= 0.3 is 6.09 Å².